The molecular formula is C18H24O7. The fourth-order valence-corrected chi connectivity index (χ4v) is 2.30. The highest BCUT2D eigenvalue weighted by Crippen LogP contribution is 2.25. The second-order valence-electron chi connectivity index (χ2n) is 5.77. The highest BCUT2D eigenvalue weighted by Gasteiger charge is 2.44. The van der Waals surface area contributed by atoms with Crippen molar-refractivity contribution in [2.75, 3.05) is 6.61 Å². The van der Waals surface area contributed by atoms with Gasteiger partial charge in [0.25, 0.3) is 0 Å². The third kappa shape index (κ3) is 5.33. The van der Waals surface area contributed by atoms with E-state index >= 15 is 0 Å². The van der Waals surface area contributed by atoms with E-state index in [2.05, 4.69) is 19.0 Å². The number of hydrogen-bond donors (Lipinski definition) is 4. The first-order chi connectivity index (χ1) is 12.1. The molecule has 0 radical (unpaired) electrons. The average Bonchev–Trinajstić information content (AvgIpc) is 2.63. The van der Waals surface area contributed by atoms with Gasteiger partial charge in [0.15, 0.2) is 0 Å². The van der Waals surface area contributed by atoms with Gasteiger partial charge in [0.05, 0.1) is 6.61 Å². The van der Waals surface area contributed by atoms with Crippen LogP contribution in [0.1, 0.15) is 26.2 Å². The van der Waals surface area contributed by atoms with Gasteiger partial charge in [0.2, 0.25) is 6.29 Å². The molecule has 1 aliphatic rings. The lowest BCUT2D eigenvalue weighted by Gasteiger charge is -2.39. The molecule has 0 aromatic heterocycles. The van der Waals surface area contributed by atoms with Crippen molar-refractivity contribution in [3.05, 3.63) is 24.3 Å². The minimum Gasteiger partial charge on any atom is -0.462 e. The number of aliphatic hydroxyl groups is 4. The van der Waals surface area contributed by atoms with Crippen LogP contribution in [0.3, 0.4) is 0 Å². The molecule has 0 unspecified atom stereocenters. The molecule has 1 aliphatic heterocycles. The number of aliphatic hydroxyl groups excluding tert-OH is 4. The van der Waals surface area contributed by atoms with Crippen LogP contribution in [-0.2, 0) is 4.74 Å². The van der Waals surface area contributed by atoms with Crippen molar-refractivity contribution in [3.8, 4) is 23.5 Å². The molecule has 0 aliphatic carbocycles. The molecule has 1 aromatic carbocycles. The Morgan fingerprint density at radius 3 is 2.36 bits per heavy atom. The van der Waals surface area contributed by atoms with Gasteiger partial charge < -0.3 is 34.6 Å². The lowest BCUT2D eigenvalue weighted by atomic mass is 9.99. The fraction of sp³-hybridized carbons (Fsp3) is 0.556. The van der Waals surface area contributed by atoms with Gasteiger partial charge in [-0.05, 0) is 30.7 Å². The van der Waals surface area contributed by atoms with Gasteiger partial charge in [-0.1, -0.05) is 19.3 Å². The van der Waals surface area contributed by atoms with Crippen LogP contribution in [-0.4, -0.2) is 57.7 Å². The molecule has 138 valence electrons. The van der Waals surface area contributed by atoms with E-state index in [1.165, 1.54) is 0 Å². The van der Waals surface area contributed by atoms with E-state index in [0.717, 1.165) is 19.3 Å². The first-order valence-electron chi connectivity index (χ1n) is 8.28. The lowest BCUT2D eigenvalue weighted by Crippen LogP contribution is -2.60. The van der Waals surface area contributed by atoms with Gasteiger partial charge in [-0.2, -0.15) is 0 Å². The first-order valence-corrected chi connectivity index (χ1v) is 8.28. The normalized spacial score (nSPS) is 28.8. The lowest BCUT2D eigenvalue weighted by molar-refractivity contribution is -0.277. The summed E-state index contributed by atoms with van der Waals surface area (Å²) in [7, 11) is 0. The molecule has 2 rings (SSSR count). The van der Waals surface area contributed by atoms with Crippen molar-refractivity contribution < 1.29 is 34.6 Å². The first kappa shape index (κ1) is 19.5. The van der Waals surface area contributed by atoms with E-state index in [9.17, 15) is 15.3 Å². The Hall–Kier alpha value is -1.82. The van der Waals surface area contributed by atoms with E-state index in [-0.39, 0.29) is 0 Å². The van der Waals surface area contributed by atoms with Crippen LogP contribution >= 0.6 is 0 Å². The van der Waals surface area contributed by atoms with E-state index in [1.54, 1.807) is 24.3 Å². The van der Waals surface area contributed by atoms with Crippen LogP contribution in [0.15, 0.2) is 24.3 Å². The standard InChI is InChI=1S/C18H24O7/c1-2-3-4-5-10-23-12-6-8-13(9-7-12)24-18-17(22)16(21)15(20)14(11-19)25-18/h6-9,14-22H,2-4,11H2,1H3/t14-,15-,16+,17-,18-/m1/s1. The summed E-state index contributed by atoms with van der Waals surface area (Å²) in [6.45, 7) is 1.59. The van der Waals surface area contributed by atoms with Gasteiger partial charge in [-0.3, -0.25) is 0 Å². The Morgan fingerprint density at radius 2 is 1.72 bits per heavy atom. The Morgan fingerprint density at radius 1 is 1.04 bits per heavy atom. The quantitative estimate of drug-likeness (QED) is 0.433. The van der Waals surface area contributed by atoms with Crippen molar-refractivity contribution in [3.63, 3.8) is 0 Å². The maximum atomic E-state index is 9.94. The summed E-state index contributed by atoms with van der Waals surface area (Å²) in [5.41, 5.74) is 0. The Labute approximate surface area is 146 Å². The third-order valence-corrected chi connectivity index (χ3v) is 3.82. The molecule has 0 bridgehead atoms. The summed E-state index contributed by atoms with van der Waals surface area (Å²) in [6.07, 6.45) is -1.04. The molecule has 1 heterocycles. The minimum atomic E-state index is -1.48. The zero-order valence-electron chi connectivity index (χ0n) is 14.0. The van der Waals surface area contributed by atoms with Crippen LogP contribution in [0.5, 0.6) is 11.5 Å². The maximum absolute atomic E-state index is 9.94. The zero-order chi connectivity index (χ0) is 18.2. The second kappa shape index (κ2) is 9.61. The minimum absolute atomic E-state index is 0.371. The molecule has 7 heteroatoms. The number of rotatable bonds is 6. The van der Waals surface area contributed by atoms with Crippen LogP contribution < -0.4 is 9.47 Å². The van der Waals surface area contributed by atoms with Crippen LogP contribution in [0, 0.1) is 12.0 Å². The molecule has 25 heavy (non-hydrogen) atoms. The molecule has 0 amide bonds. The largest absolute Gasteiger partial charge is 0.462 e. The molecule has 0 saturated carbocycles. The van der Waals surface area contributed by atoms with Crippen molar-refractivity contribution in [1.29, 1.82) is 0 Å². The van der Waals surface area contributed by atoms with Crippen molar-refractivity contribution in [2.24, 2.45) is 0 Å². The van der Waals surface area contributed by atoms with Gasteiger partial charge >= 0.3 is 0 Å². The SMILES string of the molecule is CCCCC#COc1ccc(O[C@@H]2O[C@H](CO)[C@@H](O)[C@H](O)[C@H]2O)cc1. The van der Waals surface area contributed by atoms with E-state index in [4.69, 9.17) is 19.3 Å². The van der Waals surface area contributed by atoms with Gasteiger partial charge in [0.1, 0.15) is 42.0 Å². The number of benzene rings is 1. The Bertz CT molecular complexity index is 575. The smallest absolute Gasteiger partial charge is 0.229 e. The fourth-order valence-electron chi connectivity index (χ4n) is 2.30. The van der Waals surface area contributed by atoms with Crippen molar-refractivity contribution >= 4 is 0 Å². The van der Waals surface area contributed by atoms with E-state index < -0.39 is 37.3 Å². The number of ether oxygens (including phenoxy) is 3. The van der Waals surface area contributed by atoms with Crippen LogP contribution in [0.25, 0.3) is 0 Å². The second-order valence-corrected chi connectivity index (χ2v) is 5.77. The average molecular weight is 352 g/mol. The van der Waals surface area contributed by atoms with Gasteiger partial charge in [0, 0.05) is 6.42 Å². The molecule has 1 aromatic rings. The highest BCUT2D eigenvalue weighted by molar-refractivity contribution is 5.32. The Balaban J connectivity index is 1.92. The van der Waals surface area contributed by atoms with E-state index in [1.807, 2.05) is 0 Å². The van der Waals surface area contributed by atoms with Gasteiger partial charge in [-0.25, -0.2) is 0 Å². The van der Waals surface area contributed by atoms with Crippen molar-refractivity contribution in [2.45, 2.75) is 56.9 Å². The van der Waals surface area contributed by atoms with Crippen LogP contribution in [0.4, 0.5) is 0 Å². The van der Waals surface area contributed by atoms with Crippen LogP contribution in [0.2, 0.25) is 0 Å². The molecule has 1 fully saturated rings. The topological polar surface area (TPSA) is 109 Å². The molecule has 4 N–H and O–H groups in total. The summed E-state index contributed by atoms with van der Waals surface area (Å²) >= 11 is 0. The van der Waals surface area contributed by atoms with Gasteiger partial charge in [-0.15, -0.1) is 0 Å². The summed E-state index contributed by atoms with van der Waals surface area (Å²) < 4.78 is 16.0. The number of unbranched alkanes of at least 4 members (excludes halogenated alkanes) is 2. The Kier molecular flexibility index (Phi) is 7.50. The highest BCUT2D eigenvalue weighted by atomic mass is 16.7. The molecule has 0 spiro atoms. The number of hydrogen-bond acceptors (Lipinski definition) is 7. The zero-order valence-corrected chi connectivity index (χ0v) is 14.0. The summed E-state index contributed by atoms with van der Waals surface area (Å²) in [6, 6.07) is 6.50. The molecule has 7 nitrogen and oxygen atoms in total. The maximum Gasteiger partial charge on any atom is 0.229 e. The third-order valence-electron chi connectivity index (χ3n) is 3.82. The molecular weight excluding hydrogens is 328 g/mol. The predicted octanol–water partition coefficient (Wildman–Crippen LogP) is 0.395. The monoisotopic (exact) mass is 352 g/mol. The predicted molar refractivity (Wildman–Crippen MR) is 88.8 cm³/mol. The summed E-state index contributed by atoms with van der Waals surface area (Å²) in [4.78, 5) is 0. The summed E-state index contributed by atoms with van der Waals surface area (Å²) in [5.74, 6) is 3.83. The van der Waals surface area contributed by atoms with E-state index in [0.29, 0.717) is 11.5 Å². The van der Waals surface area contributed by atoms with Crippen molar-refractivity contribution in [1.82, 2.24) is 0 Å². The summed E-state index contributed by atoms with van der Waals surface area (Å²) in [5, 5.41) is 38.6. The molecule has 1 saturated heterocycles. The molecule has 5 atom stereocenters.